The van der Waals surface area contributed by atoms with E-state index in [4.69, 9.17) is 4.42 Å². The van der Waals surface area contributed by atoms with Crippen molar-refractivity contribution >= 4 is 0 Å². The highest BCUT2D eigenvalue weighted by molar-refractivity contribution is 5.07. The molecule has 0 bridgehead atoms. The van der Waals surface area contributed by atoms with E-state index in [1.165, 1.54) is 6.20 Å². The smallest absolute Gasteiger partial charge is 0.392 e. The van der Waals surface area contributed by atoms with Gasteiger partial charge in [0.05, 0.1) is 18.7 Å². The maximum Gasteiger partial charge on any atom is 0.392 e. The van der Waals surface area contributed by atoms with Crippen LogP contribution in [0.3, 0.4) is 0 Å². The standard InChI is InChI=1S/C15H23F3N2O/c1-14(2,3)20-9-13-19-8-12(21-13)10-6-4-5-7-11(10)15(16,17)18/h8,10-11,20H,4-7,9H2,1-3H3. The Bertz CT molecular complexity index is 462. The van der Waals surface area contributed by atoms with Crippen LogP contribution in [-0.4, -0.2) is 16.7 Å². The van der Waals surface area contributed by atoms with Crippen molar-refractivity contribution in [2.45, 2.75) is 70.6 Å². The number of alkyl halides is 3. The molecule has 1 aliphatic carbocycles. The first-order valence-electron chi connectivity index (χ1n) is 7.43. The molecule has 0 radical (unpaired) electrons. The first kappa shape index (κ1) is 16.3. The van der Waals surface area contributed by atoms with Crippen LogP contribution >= 0.6 is 0 Å². The Kier molecular flexibility index (Phi) is 4.66. The lowest BCUT2D eigenvalue weighted by atomic mass is 9.77. The van der Waals surface area contributed by atoms with Gasteiger partial charge in [0.15, 0.2) is 0 Å². The number of nitrogens with zero attached hydrogens (tertiary/aromatic N) is 1. The first-order valence-corrected chi connectivity index (χ1v) is 7.43. The number of oxazole rings is 1. The molecule has 0 aromatic carbocycles. The van der Waals surface area contributed by atoms with Crippen LogP contribution in [0.4, 0.5) is 13.2 Å². The van der Waals surface area contributed by atoms with Crippen molar-refractivity contribution in [3.8, 4) is 0 Å². The summed E-state index contributed by atoms with van der Waals surface area (Å²) in [6, 6.07) is 0. The van der Waals surface area contributed by atoms with Gasteiger partial charge in [-0.1, -0.05) is 12.8 Å². The van der Waals surface area contributed by atoms with Gasteiger partial charge in [0.25, 0.3) is 0 Å². The van der Waals surface area contributed by atoms with Crippen molar-refractivity contribution in [1.29, 1.82) is 0 Å². The molecular formula is C15H23F3N2O. The van der Waals surface area contributed by atoms with Crippen LogP contribution in [0.5, 0.6) is 0 Å². The van der Waals surface area contributed by atoms with Gasteiger partial charge >= 0.3 is 6.18 Å². The van der Waals surface area contributed by atoms with E-state index in [1.54, 1.807) is 0 Å². The van der Waals surface area contributed by atoms with Crippen molar-refractivity contribution in [1.82, 2.24) is 10.3 Å². The first-order chi connectivity index (χ1) is 9.67. The second-order valence-electron chi connectivity index (χ2n) is 6.80. The van der Waals surface area contributed by atoms with Gasteiger partial charge in [-0.3, -0.25) is 0 Å². The molecule has 0 saturated heterocycles. The molecule has 1 N–H and O–H groups in total. The summed E-state index contributed by atoms with van der Waals surface area (Å²) in [5.41, 5.74) is -0.0893. The van der Waals surface area contributed by atoms with E-state index in [9.17, 15) is 13.2 Å². The number of rotatable bonds is 3. The minimum atomic E-state index is -4.16. The van der Waals surface area contributed by atoms with Gasteiger partial charge in [0, 0.05) is 11.5 Å². The minimum absolute atomic E-state index is 0.0893. The molecular weight excluding hydrogens is 281 g/mol. The molecule has 1 aromatic rings. The number of nitrogens with one attached hydrogen (secondary N) is 1. The largest absolute Gasteiger partial charge is 0.444 e. The normalized spacial score (nSPS) is 24.3. The van der Waals surface area contributed by atoms with Crippen LogP contribution < -0.4 is 5.32 Å². The van der Waals surface area contributed by atoms with Gasteiger partial charge in [-0.25, -0.2) is 4.98 Å². The molecule has 0 amide bonds. The molecule has 1 heterocycles. The molecule has 120 valence electrons. The van der Waals surface area contributed by atoms with Crippen LogP contribution in [0.25, 0.3) is 0 Å². The van der Waals surface area contributed by atoms with Crippen molar-refractivity contribution in [2.75, 3.05) is 0 Å². The zero-order valence-electron chi connectivity index (χ0n) is 12.8. The van der Waals surface area contributed by atoms with E-state index in [2.05, 4.69) is 10.3 Å². The molecule has 2 unspecified atom stereocenters. The van der Waals surface area contributed by atoms with E-state index >= 15 is 0 Å². The summed E-state index contributed by atoms with van der Waals surface area (Å²) < 4.78 is 44.9. The van der Waals surface area contributed by atoms with E-state index in [0.29, 0.717) is 31.0 Å². The summed E-state index contributed by atoms with van der Waals surface area (Å²) in [5.74, 6) is -1.06. The minimum Gasteiger partial charge on any atom is -0.444 e. The Balaban J connectivity index is 2.08. The Morgan fingerprint density at radius 2 is 1.90 bits per heavy atom. The lowest BCUT2D eigenvalue weighted by molar-refractivity contribution is -0.188. The lowest BCUT2D eigenvalue weighted by Crippen LogP contribution is -2.35. The quantitative estimate of drug-likeness (QED) is 0.899. The van der Waals surface area contributed by atoms with Gasteiger partial charge in [-0.2, -0.15) is 13.2 Å². The molecule has 0 spiro atoms. The van der Waals surface area contributed by atoms with Crippen molar-refractivity contribution in [2.24, 2.45) is 5.92 Å². The van der Waals surface area contributed by atoms with E-state index in [0.717, 1.165) is 6.42 Å². The summed E-state index contributed by atoms with van der Waals surface area (Å²) in [7, 11) is 0. The molecule has 21 heavy (non-hydrogen) atoms. The predicted molar refractivity (Wildman–Crippen MR) is 73.8 cm³/mol. The third kappa shape index (κ3) is 4.46. The molecule has 3 nitrogen and oxygen atoms in total. The van der Waals surface area contributed by atoms with Crippen LogP contribution in [0.1, 0.15) is 64.0 Å². The Morgan fingerprint density at radius 3 is 2.52 bits per heavy atom. The zero-order chi connectivity index (χ0) is 15.7. The summed E-state index contributed by atoms with van der Waals surface area (Å²) in [6.07, 6.45) is -0.549. The molecule has 1 aliphatic rings. The third-order valence-electron chi connectivity index (χ3n) is 3.89. The topological polar surface area (TPSA) is 38.1 Å². The van der Waals surface area contributed by atoms with Gasteiger partial charge < -0.3 is 9.73 Å². The lowest BCUT2D eigenvalue weighted by Gasteiger charge is -2.31. The van der Waals surface area contributed by atoms with Crippen molar-refractivity contribution < 1.29 is 17.6 Å². The van der Waals surface area contributed by atoms with Crippen LogP contribution in [-0.2, 0) is 6.54 Å². The zero-order valence-corrected chi connectivity index (χ0v) is 12.8. The second kappa shape index (κ2) is 5.99. The van der Waals surface area contributed by atoms with Gasteiger partial charge in [0.1, 0.15) is 5.76 Å². The maximum absolute atomic E-state index is 13.1. The van der Waals surface area contributed by atoms with E-state index < -0.39 is 18.0 Å². The fourth-order valence-corrected chi connectivity index (χ4v) is 2.78. The van der Waals surface area contributed by atoms with E-state index in [-0.39, 0.29) is 12.0 Å². The van der Waals surface area contributed by atoms with Crippen LogP contribution in [0, 0.1) is 5.92 Å². The Morgan fingerprint density at radius 1 is 1.24 bits per heavy atom. The summed E-state index contributed by atoms with van der Waals surface area (Å²) in [6.45, 7) is 6.46. The third-order valence-corrected chi connectivity index (χ3v) is 3.89. The number of aromatic nitrogens is 1. The molecule has 1 saturated carbocycles. The van der Waals surface area contributed by atoms with Gasteiger partial charge in [0.2, 0.25) is 5.89 Å². The average molecular weight is 304 g/mol. The predicted octanol–water partition coefficient (Wildman–Crippen LogP) is 4.40. The molecule has 6 heteroatoms. The second-order valence-corrected chi connectivity index (χ2v) is 6.80. The van der Waals surface area contributed by atoms with E-state index in [1.807, 2.05) is 20.8 Å². The number of hydrogen-bond acceptors (Lipinski definition) is 3. The SMILES string of the molecule is CC(C)(C)NCc1ncc(C2CCCCC2C(F)(F)F)o1. The van der Waals surface area contributed by atoms with Crippen molar-refractivity contribution in [3.63, 3.8) is 0 Å². The summed E-state index contributed by atoms with van der Waals surface area (Å²) >= 11 is 0. The van der Waals surface area contributed by atoms with Gasteiger partial charge in [-0.15, -0.1) is 0 Å². The molecule has 2 rings (SSSR count). The summed E-state index contributed by atoms with van der Waals surface area (Å²) in [5, 5.41) is 3.22. The molecule has 1 fully saturated rings. The average Bonchev–Trinajstić information content (AvgIpc) is 2.83. The van der Waals surface area contributed by atoms with Gasteiger partial charge in [-0.05, 0) is 33.6 Å². The van der Waals surface area contributed by atoms with Crippen LogP contribution in [0.15, 0.2) is 10.6 Å². The van der Waals surface area contributed by atoms with Crippen LogP contribution in [0.2, 0.25) is 0 Å². The molecule has 1 aromatic heterocycles. The Labute approximate surface area is 123 Å². The molecule has 0 aliphatic heterocycles. The highest BCUT2D eigenvalue weighted by Crippen LogP contribution is 2.46. The fraction of sp³-hybridized carbons (Fsp3) is 0.800. The van der Waals surface area contributed by atoms with Crippen molar-refractivity contribution in [3.05, 3.63) is 17.8 Å². The fourth-order valence-electron chi connectivity index (χ4n) is 2.78. The number of halogens is 3. The Hall–Kier alpha value is -1.04. The summed E-state index contributed by atoms with van der Waals surface area (Å²) in [4.78, 5) is 4.11. The molecule has 2 atom stereocenters. The number of hydrogen-bond donors (Lipinski definition) is 1. The highest BCUT2D eigenvalue weighted by atomic mass is 19.4. The highest BCUT2D eigenvalue weighted by Gasteiger charge is 2.47. The maximum atomic E-state index is 13.1. The monoisotopic (exact) mass is 304 g/mol.